The maximum Gasteiger partial charge on any atom is 0.166 e. The van der Waals surface area contributed by atoms with Gasteiger partial charge in [-0.05, 0) is 0 Å². The van der Waals surface area contributed by atoms with Crippen molar-refractivity contribution < 1.29 is 9.47 Å². The summed E-state index contributed by atoms with van der Waals surface area (Å²) in [5.74, 6) is 1.55. The van der Waals surface area contributed by atoms with Crippen LogP contribution in [0.4, 0.5) is 0 Å². The molecule has 0 bridgehead atoms. The van der Waals surface area contributed by atoms with Gasteiger partial charge in [0.2, 0.25) is 0 Å². The van der Waals surface area contributed by atoms with Crippen molar-refractivity contribution >= 4 is 22.8 Å². The summed E-state index contributed by atoms with van der Waals surface area (Å²) in [5.41, 5.74) is 7.47. The molecule has 1 atom stereocenters. The van der Waals surface area contributed by atoms with Gasteiger partial charge >= 0.3 is 0 Å². The highest BCUT2D eigenvalue weighted by molar-refractivity contribution is 7.99. The predicted molar refractivity (Wildman–Crippen MR) is 71.5 cm³/mol. The lowest BCUT2D eigenvalue weighted by Gasteiger charge is -2.17. The zero-order chi connectivity index (χ0) is 12.5. The monoisotopic (exact) mass is 265 g/mol. The van der Waals surface area contributed by atoms with Gasteiger partial charge in [-0.2, -0.15) is 0 Å². The van der Waals surface area contributed by atoms with Crippen molar-refractivity contribution in [1.82, 2.24) is 9.97 Å². The van der Waals surface area contributed by atoms with Gasteiger partial charge in [0.25, 0.3) is 0 Å². The molecule has 0 radical (unpaired) electrons. The van der Waals surface area contributed by atoms with Crippen LogP contribution in [0, 0.1) is 0 Å². The van der Waals surface area contributed by atoms with Crippen LogP contribution in [0.15, 0.2) is 17.3 Å². The fraction of sp³-hybridized carbons (Fsp3) is 0.417. The molecular weight excluding hydrogens is 250 g/mol. The predicted octanol–water partition coefficient (Wildman–Crippen LogP) is 1.77. The molecule has 5 nitrogen and oxygen atoms in total. The molecule has 1 aliphatic rings. The number of nitrogens with one attached hydrogen (secondary N) is 1. The minimum atomic E-state index is 0.340. The van der Waals surface area contributed by atoms with Gasteiger partial charge in [0.1, 0.15) is 13.2 Å². The average Bonchev–Trinajstić information content (AvgIpc) is 2.76. The van der Waals surface area contributed by atoms with Gasteiger partial charge in [0.15, 0.2) is 16.7 Å². The molecule has 3 rings (SSSR count). The second-order valence-corrected chi connectivity index (χ2v) is 5.65. The van der Waals surface area contributed by atoms with E-state index in [1.807, 2.05) is 12.1 Å². The smallest absolute Gasteiger partial charge is 0.166 e. The molecule has 0 spiro atoms. The molecule has 0 aliphatic carbocycles. The minimum absolute atomic E-state index is 0.340. The zero-order valence-corrected chi connectivity index (χ0v) is 10.9. The van der Waals surface area contributed by atoms with Crippen LogP contribution in [-0.2, 0) is 0 Å². The Morgan fingerprint density at radius 1 is 1.39 bits per heavy atom. The number of H-pyrrole nitrogens is 1. The number of nitrogens with zero attached hydrogens (tertiary/aromatic N) is 1. The van der Waals surface area contributed by atoms with E-state index >= 15 is 0 Å². The van der Waals surface area contributed by atoms with E-state index in [0.29, 0.717) is 25.0 Å². The first kappa shape index (κ1) is 11.7. The van der Waals surface area contributed by atoms with Crippen molar-refractivity contribution in [3.8, 4) is 11.5 Å². The molecule has 3 N–H and O–H groups in total. The second kappa shape index (κ2) is 4.70. The van der Waals surface area contributed by atoms with Crippen LogP contribution in [0.2, 0.25) is 0 Å². The fourth-order valence-corrected chi connectivity index (χ4v) is 2.62. The number of ether oxygens (including phenoxy) is 2. The van der Waals surface area contributed by atoms with Gasteiger partial charge in [-0.3, -0.25) is 0 Å². The fourth-order valence-electron chi connectivity index (χ4n) is 1.82. The largest absolute Gasteiger partial charge is 0.486 e. The first-order chi connectivity index (χ1) is 8.76. The summed E-state index contributed by atoms with van der Waals surface area (Å²) >= 11 is 1.64. The molecule has 1 aliphatic heterocycles. The Morgan fingerprint density at radius 3 is 2.83 bits per heavy atom. The van der Waals surface area contributed by atoms with Crippen LogP contribution < -0.4 is 15.2 Å². The Hall–Kier alpha value is -1.40. The highest BCUT2D eigenvalue weighted by atomic mass is 32.2. The Labute approximate surface area is 109 Å². The summed E-state index contributed by atoms with van der Waals surface area (Å²) in [6.45, 7) is 3.90. The quantitative estimate of drug-likeness (QED) is 0.827. The summed E-state index contributed by atoms with van der Waals surface area (Å²) in [4.78, 5) is 7.80. The molecule has 6 heteroatoms. The van der Waals surface area contributed by atoms with Crippen LogP contribution in [0.25, 0.3) is 11.0 Å². The van der Waals surface area contributed by atoms with E-state index in [2.05, 4.69) is 16.9 Å². The van der Waals surface area contributed by atoms with Gasteiger partial charge in [-0.1, -0.05) is 18.7 Å². The topological polar surface area (TPSA) is 73.2 Å². The molecule has 1 aromatic carbocycles. The number of imidazole rings is 1. The molecule has 0 saturated carbocycles. The normalized spacial score (nSPS) is 15.9. The lowest BCUT2D eigenvalue weighted by atomic mass is 10.2. The lowest BCUT2D eigenvalue weighted by Crippen LogP contribution is -2.15. The number of hydrogen-bond acceptors (Lipinski definition) is 5. The van der Waals surface area contributed by atoms with Gasteiger partial charge in [-0.15, -0.1) is 0 Å². The molecular formula is C12H15N3O2S. The number of benzene rings is 1. The summed E-state index contributed by atoms with van der Waals surface area (Å²) in [5, 5.41) is 1.22. The highest BCUT2D eigenvalue weighted by Gasteiger charge is 2.15. The molecule has 1 aromatic heterocycles. The number of aromatic nitrogens is 2. The molecule has 2 heterocycles. The maximum absolute atomic E-state index is 5.61. The SMILES string of the molecule is CC(CN)Sc1nc2cc3c(cc2[nH]1)OCCO3. The van der Waals surface area contributed by atoms with Crippen molar-refractivity contribution in [1.29, 1.82) is 0 Å². The van der Waals surface area contributed by atoms with Crippen molar-refractivity contribution in [3.05, 3.63) is 12.1 Å². The molecule has 18 heavy (non-hydrogen) atoms. The third-order valence-corrected chi connectivity index (χ3v) is 3.78. The minimum Gasteiger partial charge on any atom is -0.486 e. The third kappa shape index (κ3) is 2.13. The molecule has 1 unspecified atom stereocenters. The van der Waals surface area contributed by atoms with Crippen LogP contribution in [0.1, 0.15) is 6.92 Å². The van der Waals surface area contributed by atoms with Crippen molar-refractivity contribution in [2.75, 3.05) is 19.8 Å². The molecule has 0 fully saturated rings. The first-order valence-corrected chi connectivity index (χ1v) is 6.80. The van der Waals surface area contributed by atoms with Gasteiger partial charge in [0, 0.05) is 23.9 Å². The van der Waals surface area contributed by atoms with Crippen molar-refractivity contribution in [3.63, 3.8) is 0 Å². The number of rotatable bonds is 3. The molecule has 96 valence electrons. The number of hydrogen-bond donors (Lipinski definition) is 2. The van der Waals surface area contributed by atoms with Gasteiger partial charge in [0.05, 0.1) is 11.0 Å². The molecule has 0 saturated heterocycles. The van der Waals surface area contributed by atoms with Crippen LogP contribution in [0.5, 0.6) is 11.5 Å². The number of nitrogens with two attached hydrogens (primary N) is 1. The number of fused-ring (bicyclic) bond motifs is 2. The van der Waals surface area contributed by atoms with E-state index < -0.39 is 0 Å². The van der Waals surface area contributed by atoms with Crippen LogP contribution in [0.3, 0.4) is 0 Å². The van der Waals surface area contributed by atoms with E-state index in [-0.39, 0.29) is 0 Å². The van der Waals surface area contributed by atoms with E-state index in [0.717, 1.165) is 27.7 Å². The number of aromatic amines is 1. The Balaban J connectivity index is 1.96. The van der Waals surface area contributed by atoms with E-state index in [1.165, 1.54) is 0 Å². The van der Waals surface area contributed by atoms with E-state index in [1.54, 1.807) is 11.8 Å². The standard InChI is InChI=1S/C12H15N3O2S/c1-7(6-13)18-12-14-8-4-10-11(5-9(8)15-12)17-3-2-16-10/h4-5,7H,2-3,6,13H2,1H3,(H,14,15). The number of thioether (sulfide) groups is 1. The first-order valence-electron chi connectivity index (χ1n) is 5.92. The summed E-state index contributed by atoms with van der Waals surface area (Å²) in [6.07, 6.45) is 0. The highest BCUT2D eigenvalue weighted by Crippen LogP contribution is 2.34. The zero-order valence-electron chi connectivity index (χ0n) is 10.1. The van der Waals surface area contributed by atoms with Crippen molar-refractivity contribution in [2.45, 2.75) is 17.3 Å². The third-order valence-electron chi connectivity index (χ3n) is 2.77. The Bertz CT molecular complexity index is 527. The average molecular weight is 265 g/mol. The van der Waals surface area contributed by atoms with Crippen LogP contribution >= 0.6 is 11.8 Å². The Kier molecular flexibility index (Phi) is 3.05. The van der Waals surface area contributed by atoms with Gasteiger partial charge in [-0.25, -0.2) is 4.98 Å². The van der Waals surface area contributed by atoms with Crippen molar-refractivity contribution in [2.24, 2.45) is 5.73 Å². The summed E-state index contributed by atoms with van der Waals surface area (Å²) in [7, 11) is 0. The summed E-state index contributed by atoms with van der Waals surface area (Å²) in [6, 6.07) is 3.85. The second-order valence-electron chi connectivity index (χ2n) is 4.22. The van der Waals surface area contributed by atoms with Crippen LogP contribution in [-0.4, -0.2) is 35.0 Å². The molecule has 0 amide bonds. The lowest BCUT2D eigenvalue weighted by molar-refractivity contribution is 0.172. The summed E-state index contributed by atoms with van der Waals surface area (Å²) < 4.78 is 11.1. The Morgan fingerprint density at radius 2 is 2.11 bits per heavy atom. The maximum atomic E-state index is 5.61. The van der Waals surface area contributed by atoms with E-state index in [4.69, 9.17) is 15.2 Å². The van der Waals surface area contributed by atoms with Gasteiger partial charge < -0.3 is 20.2 Å². The molecule has 2 aromatic rings. The van der Waals surface area contributed by atoms with E-state index in [9.17, 15) is 0 Å².